The molecular formula is C13H15BClF3O3. The Morgan fingerprint density at radius 2 is 1.90 bits per heavy atom. The Hall–Kier alpha value is -0.915. The highest BCUT2D eigenvalue weighted by molar-refractivity contribution is 6.61. The second-order valence-electron chi connectivity index (χ2n) is 5.71. The highest BCUT2D eigenvalue weighted by Crippen LogP contribution is 2.27. The van der Waals surface area contributed by atoms with Gasteiger partial charge in [-0.1, -0.05) is 31.5 Å². The summed E-state index contributed by atoms with van der Waals surface area (Å²) in [5, 5.41) is 0.0915. The molecule has 0 atom stereocenters. The lowest BCUT2D eigenvalue weighted by molar-refractivity contribution is -0.153. The predicted molar refractivity (Wildman–Crippen MR) is 74.1 cm³/mol. The van der Waals surface area contributed by atoms with Crippen molar-refractivity contribution in [1.29, 1.82) is 0 Å². The van der Waals surface area contributed by atoms with Crippen molar-refractivity contribution < 1.29 is 27.2 Å². The van der Waals surface area contributed by atoms with Crippen molar-refractivity contribution in [3.05, 3.63) is 23.2 Å². The van der Waals surface area contributed by atoms with Crippen LogP contribution in [-0.4, -0.2) is 33.1 Å². The van der Waals surface area contributed by atoms with Gasteiger partial charge in [-0.25, -0.2) is 0 Å². The zero-order chi connectivity index (χ0) is 15.7. The number of hydrogen-bond donors (Lipinski definition) is 0. The second kappa shape index (κ2) is 6.06. The molecule has 0 spiro atoms. The minimum Gasteiger partial charge on any atom is -0.483 e. The molecule has 1 aromatic rings. The van der Waals surface area contributed by atoms with Crippen LogP contribution in [0.2, 0.25) is 5.02 Å². The lowest BCUT2D eigenvalue weighted by atomic mass is 9.76. The van der Waals surface area contributed by atoms with Gasteiger partial charge in [0.2, 0.25) is 0 Å². The number of ether oxygens (including phenoxy) is 1. The fraction of sp³-hybridized carbons (Fsp3) is 0.538. The van der Waals surface area contributed by atoms with Crippen LogP contribution in [0.25, 0.3) is 0 Å². The topological polar surface area (TPSA) is 27.7 Å². The maximum Gasteiger partial charge on any atom is 0.493 e. The zero-order valence-electron chi connectivity index (χ0n) is 11.7. The maximum atomic E-state index is 12.1. The van der Waals surface area contributed by atoms with Gasteiger partial charge < -0.3 is 14.0 Å². The first kappa shape index (κ1) is 16.5. The summed E-state index contributed by atoms with van der Waals surface area (Å²) in [6.07, 6.45) is -4.40. The molecular weight excluding hydrogens is 307 g/mol. The second-order valence-corrected chi connectivity index (χ2v) is 6.12. The van der Waals surface area contributed by atoms with Gasteiger partial charge >= 0.3 is 13.3 Å². The minimum atomic E-state index is -4.40. The minimum absolute atomic E-state index is 0.0196. The van der Waals surface area contributed by atoms with E-state index in [-0.39, 0.29) is 16.2 Å². The van der Waals surface area contributed by atoms with Gasteiger partial charge in [0.1, 0.15) is 5.75 Å². The van der Waals surface area contributed by atoms with E-state index in [0.29, 0.717) is 18.7 Å². The van der Waals surface area contributed by atoms with Crippen molar-refractivity contribution >= 4 is 24.2 Å². The Morgan fingerprint density at radius 1 is 1.29 bits per heavy atom. The van der Waals surface area contributed by atoms with Gasteiger partial charge in [0, 0.05) is 18.6 Å². The maximum absolute atomic E-state index is 12.1. The van der Waals surface area contributed by atoms with Crippen molar-refractivity contribution in [2.75, 3.05) is 19.8 Å². The number of hydrogen-bond acceptors (Lipinski definition) is 3. The first-order valence-corrected chi connectivity index (χ1v) is 6.76. The summed E-state index contributed by atoms with van der Waals surface area (Å²) in [6.45, 7) is 3.72. The number of alkyl halides is 3. The molecule has 1 fully saturated rings. The van der Waals surface area contributed by atoms with E-state index in [4.69, 9.17) is 20.9 Å². The van der Waals surface area contributed by atoms with Crippen LogP contribution >= 0.6 is 11.6 Å². The molecule has 116 valence electrons. The van der Waals surface area contributed by atoms with Crippen molar-refractivity contribution in [3.8, 4) is 5.75 Å². The number of halogens is 4. The summed E-state index contributed by atoms with van der Waals surface area (Å²) < 4.78 is 52.1. The highest BCUT2D eigenvalue weighted by Gasteiger charge is 2.34. The Labute approximate surface area is 126 Å². The van der Waals surface area contributed by atoms with Gasteiger partial charge in [0.05, 0.1) is 5.02 Å². The average Bonchev–Trinajstić information content (AvgIpc) is 2.36. The van der Waals surface area contributed by atoms with Crippen molar-refractivity contribution in [1.82, 2.24) is 0 Å². The van der Waals surface area contributed by atoms with Gasteiger partial charge in [0.25, 0.3) is 0 Å². The number of rotatable bonds is 3. The van der Waals surface area contributed by atoms with Crippen LogP contribution in [0.15, 0.2) is 18.2 Å². The molecule has 2 rings (SSSR count). The molecule has 1 aromatic carbocycles. The quantitative estimate of drug-likeness (QED) is 0.801. The van der Waals surface area contributed by atoms with Gasteiger partial charge in [-0.2, -0.15) is 13.2 Å². The van der Waals surface area contributed by atoms with Crippen LogP contribution in [0.1, 0.15) is 13.8 Å². The SMILES string of the molecule is CC1(C)COB(c2ccc(OCC(F)(F)F)c(Cl)c2)OC1. The molecule has 0 N–H and O–H groups in total. The molecule has 0 amide bonds. The van der Waals surface area contributed by atoms with Gasteiger partial charge in [-0.05, 0) is 17.6 Å². The summed E-state index contributed by atoms with van der Waals surface area (Å²) in [5.74, 6) is -0.0196. The molecule has 8 heteroatoms. The third-order valence-electron chi connectivity index (χ3n) is 2.87. The standard InChI is InChI=1S/C13H15BClF3O3/c1-12(2)6-20-14(21-7-12)9-3-4-11(10(15)5-9)19-8-13(16,17)18/h3-5H,6-8H2,1-2H3. The Morgan fingerprint density at radius 3 is 2.43 bits per heavy atom. The highest BCUT2D eigenvalue weighted by atomic mass is 35.5. The third kappa shape index (κ3) is 4.80. The first-order chi connectivity index (χ1) is 9.66. The van der Waals surface area contributed by atoms with Crippen molar-refractivity contribution in [2.45, 2.75) is 20.0 Å². The van der Waals surface area contributed by atoms with Crippen LogP contribution in [0.4, 0.5) is 13.2 Å². The molecule has 1 aliphatic rings. The molecule has 1 saturated heterocycles. The van der Waals surface area contributed by atoms with Gasteiger partial charge in [-0.3, -0.25) is 0 Å². The van der Waals surface area contributed by atoms with E-state index >= 15 is 0 Å². The van der Waals surface area contributed by atoms with Crippen molar-refractivity contribution in [2.24, 2.45) is 5.41 Å². The normalized spacial score (nSPS) is 18.7. The van der Waals surface area contributed by atoms with Crippen LogP contribution < -0.4 is 10.2 Å². The predicted octanol–water partition coefficient (Wildman–Crippen LogP) is 3.05. The van der Waals surface area contributed by atoms with Crippen LogP contribution in [-0.2, 0) is 9.31 Å². The molecule has 0 saturated carbocycles. The van der Waals surface area contributed by atoms with E-state index < -0.39 is 19.9 Å². The van der Waals surface area contributed by atoms with E-state index in [1.807, 2.05) is 13.8 Å². The molecule has 1 aliphatic heterocycles. The summed E-state index contributed by atoms with van der Waals surface area (Å²) >= 11 is 5.93. The summed E-state index contributed by atoms with van der Waals surface area (Å²) in [4.78, 5) is 0. The van der Waals surface area contributed by atoms with Crippen LogP contribution in [0, 0.1) is 5.41 Å². The van der Waals surface area contributed by atoms with E-state index in [2.05, 4.69) is 4.74 Å². The monoisotopic (exact) mass is 322 g/mol. The molecule has 0 aromatic heterocycles. The van der Waals surface area contributed by atoms with Crippen molar-refractivity contribution in [3.63, 3.8) is 0 Å². The fourth-order valence-corrected chi connectivity index (χ4v) is 2.07. The lowest BCUT2D eigenvalue weighted by Gasteiger charge is -2.33. The van der Waals surface area contributed by atoms with Crippen LogP contribution in [0.5, 0.6) is 5.75 Å². The van der Waals surface area contributed by atoms with Gasteiger partial charge in [0.15, 0.2) is 6.61 Å². The smallest absolute Gasteiger partial charge is 0.483 e. The molecule has 21 heavy (non-hydrogen) atoms. The fourth-order valence-electron chi connectivity index (χ4n) is 1.83. The first-order valence-electron chi connectivity index (χ1n) is 6.38. The molecule has 3 nitrogen and oxygen atoms in total. The average molecular weight is 323 g/mol. The summed E-state index contributed by atoms with van der Waals surface area (Å²) in [5.41, 5.74) is 0.589. The third-order valence-corrected chi connectivity index (χ3v) is 3.17. The summed E-state index contributed by atoms with van der Waals surface area (Å²) in [6, 6.07) is 4.46. The molecule has 1 heterocycles. The molecule has 0 aliphatic carbocycles. The molecule has 0 bridgehead atoms. The zero-order valence-corrected chi connectivity index (χ0v) is 12.4. The Kier molecular flexibility index (Phi) is 4.75. The Balaban J connectivity index is 2.02. The lowest BCUT2D eigenvalue weighted by Crippen LogP contribution is -2.47. The molecule has 0 radical (unpaired) electrons. The van der Waals surface area contributed by atoms with E-state index in [9.17, 15) is 13.2 Å². The van der Waals surface area contributed by atoms with Gasteiger partial charge in [-0.15, -0.1) is 0 Å². The largest absolute Gasteiger partial charge is 0.493 e. The van der Waals surface area contributed by atoms with E-state index in [1.54, 1.807) is 6.07 Å². The van der Waals surface area contributed by atoms with E-state index in [1.165, 1.54) is 12.1 Å². The van der Waals surface area contributed by atoms with E-state index in [0.717, 1.165) is 0 Å². The number of benzene rings is 1. The molecule has 0 unspecified atom stereocenters. The summed E-state index contributed by atoms with van der Waals surface area (Å²) in [7, 11) is -0.563. The Bertz CT molecular complexity index is 498. The van der Waals surface area contributed by atoms with Crippen LogP contribution in [0.3, 0.4) is 0 Å².